The van der Waals surface area contributed by atoms with Crippen molar-refractivity contribution in [2.75, 3.05) is 5.73 Å². The number of benzene rings is 1. The second-order valence-corrected chi connectivity index (χ2v) is 3.63. The van der Waals surface area contributed by atoms with Crippen LogP contribution in [-0.2, 0) is 6.42 Å². The van der Waals surface area contributed by atoms with Crippen LogP contribution in [0.1, 0.15) is 18.9 Å². The first-order valence-corrected chi connectivity index (χ1v) is 5.19. The lowest BCUT2D eigenvalue weighted by atomic mass is 10.1. The predicted octanol–water partition coefficient (Wildman–Crippen LogP) is 2.61. The summed E-state index contributed by atoms with van der Waals surface area (Å²) in [6.45, 7) is 2.18. The summed E-state index contributed by atoms with van der Waals surface area (Å²) < 4.78 is 0. The molecule has 1 aromatic heterocycles. The molecule has 78 valence electrons. The topological polar surface area (TPSA) is 54.7 Å². The quantitative estimate of drug-likeness (QED) is 0.802. The van der Waals surface area contributed by atoms with E-state index >= 15 is 0 Å². The van der Waals surface area contributed by atoms with E-state index in [1.165, 1.54) is 12.0 Å². The molecule has 0 radical (unpaired) electrons. The molecule has 0 aliphatic carbocycles. The number of aryl methyl sites for hydroxylation is 1. The Bertz CT molecular complexity index is 428. The van der Waals surface area contributed by atoms with Crippen molar-refractivity contribution in [3.8, 4) is 11.3 Å². The van der Waals surface area contributed by atoms with E-state index in [-0.39, 0.29) is 0 Å². The summed E-state index contributed by atoms with van der Waals surface area (Å²) in [6, 6.07) is 8.49. The molecule has 15 heavy (non-hydrogen) atoms. The summed E-state index contributed by atoms with van der Waals surface area (Å²) in [5, 5.41) is 0. The van der Waals surface area contributed by atoms with Gasteiger partial charge in [0.25, 0.3) is 0 Å². The van der Waals surface area contributed by atoms with Gasteiger partial charge in [-0.15, -0.1) is 0 Å². The van der Waals surface area contributed by atoms with Crippen molar-refractivity contribution in [3.05, 3.63) is 36.0 Å². The largest absolute Gasteiger partial charge is 0.369 e. The van der Waals surface area contributed by atoms with Crippen LogP contribution < -0.4 is 5.73 Å². The van der Waals surface area contributed by atoms with E-state index in [2.05, 4.69) is 41.2 Å². The Labute approximate surface area is 89.4 Å². The Morgan fingerprint density at radius 2 is 2.00 bits per heavy atom. The molecule has 2 rings (SSSR count). The minimum atomic E-state index is 0.461. The summed E-state index contributed by atoms with van der Waals surface area (Å²) in [5.41, 5.74) is 8.99. The highest BCUT2D eigenvalue weighted by Crippen LogP contribution is 2.18. The van der Waals surface area contributed by atoms with E-state index < -0.39 is 0 Å². The van der Waals surface area contributed by atoms with Crippen LogP contribution in [0.15, 0.2) is 30.5 Å². The van der Waals surface area contributed by atoms with Crippen molar-refractivity contribution in [2.24, 2.45) is 0 Å². The molecule has 1 heterocycles. The average molecular weight is 201 g/mol. The van der Waals surface area contributed by atoms with Crippen LogP contribution in [0.3, 0.4) is 0 Å². The van der Waals surface area contributed by atoms with Crippen molar-refractivity contribution in [1.82, 2.24) is 9.97 Å². The van der Waals surface area contributed by atoms with Gasteiger partial charge in [-0.3, -0.25) is 0 Å². The van der Waals surface area contributed by atoms with Crippen molar-refractivity contribution in [1.29, 1.82) is 0 Å². The number of nitrogens with two attached hydrogens (primary N) is 1. The van der Waals surface area contributed by atoms with Gasteiger partial charge >= 0.3 is 0 Å². The third kappa shape index (κ3) is 2.18. The average Bonchev–Trinajstić information content (AvgIpc) is 2.67. The minimum absolute atomic E-state index is 0.461. The molecule has 0 bridgehead atoms. The third-order valence-electron chi connectivity index (χ3n) is 2.40. The highest BCUT2D eigenvalue weighted by Gasteiger charge is 2.00. The number of aromatic amines is 1. The fourth-order valence-electron chi connectivity index (χ4n) is 1.62. The van der Waals surface area contributed by atoms with Gasteiger partial charge in [0.2, 0.25) is 0 Å². The van der Waals surface area contributed by atoms with Gasteiger partial charge in [-0.25, -0.2) is 4.98 Å². The first-order chi connectivity index (χ1) is 7.29. The fourth-order valence-corrected chi connectivity index (χ4v) is 1.62. The number of imidazole rings is 1. The molecule has 0 saturated carbocycles. The van der Waals surface area contributed by atoms with Crippen LogP contribution in [0.5, 0.6) is 0 Å². The van der Waals surface area contributed by atoms with Gasteiger partial charge in [0.15, 0.2) is 5.95 Å². The zero-order chi connectivity index (χ0) is 10.7. The molecule has 0 spiro atoms. The van der Waals surface area contributed by atoms with E-state index in [0.717, 1.165) is 17.7 Å². The zero-order valence-electron chi connectivity index (χ0n) is 8.83. The SMILES string of the molecule is CCCc1ccc(-c2cnc(N)[nH]2)cc1. The van der Waals surface area contributed by atoms with E-state index in [4.69, 9.17) is 5.73 Å². The molecule has 1 aromatic carbocycles. The molecule has 3 heteroatoms. The van der Waals surface area contributed by atoms with Gasteiger partial charge in [-0.1, -0.05) is 37.6 Å². The maximum Gasteiger partial charge on any atom is 0.197 e. The third-order valence-corrected chi connectivity index (χ3v) is 2.40. The number of aromatic nitrogens is 2. The number of anilines is 1. The van der Waals surface area contributed by atoms with Gasteiger partial charge < -0.3 is 10.7 Å². The molecule has 0 aliphatic rings. The highest BCUT2D eigenvalue weighted by atomic mass is 15.0. The molecule has 0 amide bonds. The van der Waals surface area contributed by atoms with Crippen LogP contribution >= 0.6 is 0 Å². The summed E-state index contributed by atoms with van der Waals surface area (Å²) in [7, 11) is 0. The van der Waals surface area contributed by atoms with Gasteiger partial charge in [0, 0.05) is 0 Å². The zero-order valence-corrected chi connectivity index (χ0v) is 8.83. The Balaban J connectivity index is 2.23. The highest BCUT2D eigenvalue weighted by molar-refractivity contribution is 5.60. The molecule has 0 saturated heterocycles. The lowest BCUT2D eigenvalue weighted by Crippen LogP contribution is -1.86. The standard InChI is InChI=1S/C12H15N3/c1-2-3-9-4-6-10(7-5-9)11-8-14-12(13)15-11/h4-8H,2-3H2,1H3,(H3,13,14,15). The van der Waals surface area contributed by atoms with Crippen molar-refractivity contribution in [3.63, 3.8) is 0 Å². The number of nitrogen functional groups attached to an aromatic ring is 1. The Morgan fingerprint density at radius 1 is 1.27 bits per heavy atom. The number of rotatable bonds is 3. The molecule has 0 aliphatic heterocycles. The van der Waals surface area contributed by atoms with Crippen molar-refractivity contribution < 1.29 is 0 Å². The van der Waals surface area contributed by atoms with Gasteiger partial charge in [0.05, 0.1) is 11.9 Å². The predicted molar refractivity (Wildman–Crippen MR) is 62.4 cm³/mol. The molecule has 0 atom stereocenters. The first-order valence-electron chi connectivity index (χ1n) is 5.19. The Hall–Kier alpha value is -1.77. The number of nitrogens with zero attached hydrogens (tertiary/aromatic N) is 1. The number of hydrogen-bond acceptors (Lipinski definition) is 2. The molecular formula is C12H15N3. The molecule has 0 unspecified atom stereocenters. The van der Waals surface area contributed by atoms with Crippen LogP contribution in [0, 0.1) is 0 Å². The second-order valence-electron chi connectivity index (χ2n) is 3.63. The minimum Gasteiger partial charge on any atom is -0.369 e. The van der Waals surface area contributed by atoms with Crippen molar-refractivity contribution >= 4 is 5.95 Å². The van der Waals surface area contributed by atoms with E-state index in [0.29, 0.717) is 5.95 Å². The first kappa shape index (κ1) is 9.77. The molecule has 2 aromatic rings. The number of hydrogen-bond donors (Lipinski definition) is 2. The molecule has 0 fully saturated rings. The lowest BCUT2D eigenvalue weighted by Gasteiger charge is -2.00. The molecule has 3 N–H and O–H groups in total. The van der Waals surface area contributed by atoms with Gasteiger partial charge in [0.1, 0.15) is 0 Å². The van der Waals surface area contributed by atoms with E-state index in [1.54, 1.807) is 6.20 Å². The van der Waals surface area contributed by atoms with E-state index in [1.807, 2.05) is 0 Å². The molecular weight excluding hydrogens is 186 g/mol. The van der Waals surface area contributed by atoms with Gasteiger partial charge in [-0.05, 0) is 17.5 Å². The second kappa shape index (κ2) is 4.17. The summed E-state index contributed by atoms with van der Waals surface area (Å²) in [5.74, 6) is 0.461. The van der Waals surface area contributed by atoms with Crippen LogP contribution in [0.4, 0.5) is 5.95 Å². The van der Waals surface area contributed by atoms with Crippen LogP contribution in [-0.4, -0.2) is 9.97 Å². The summed E-state index contributed by atoms with van der Waals surface area (Å²) in [6.07, 6.45) is 4.06. The van der Waals surface area contributed by atoms with E-state index in [9.17, 15) is 0 Å². The Kier molecular flexibility index (Phi) is 2.72. The molecule has 3 nitrogen and oxygen atoms in total. The summed E-state index contributed by atoms with van der Waals surface area (Å²) >= 11 is 0. The fraction of sp³-hybridized carbons (Fsp3) is 0.250. The normalized spacial score (nSPS) is 10.5. The van der Waals surface area contributed by atoms with Gasteiger partial charge in [-0.2, -0.15) is 0 Å². The van der Waals surface area contributed by atoms with Crippen molar-refractivity contribution in [2.45, 2.75) is 19.8 Å². The van der Waals surface area contributed by atoms with Crippen LogP contribution in [0.2, 0.25) is 0 Å². The van der Waals surface area contributed by atoms with Crippen LogP contribution in [0.25, 0.3) is 11.3 Å². The Morgan fingerprint density at radius 3 is 2.53 bits per heavy atom. The lowest BCUT2D eigenvalue weighted by molar-refractivity contribution is 0.922. The monoisotopic (exact) mass is 201 g/mol. The maximum absolute atomic E-state index is 5.53. The smallest absolute Gasteiger partial charge is 0.197 e. The number of H-pyrrole nitrogens is 1. The summed E-state index contributed by atoms with van der Waals surface area (Å²) in [4.78, 5) is 6.98. The maximum atomic E-state index is 5.53. The number of nitrogens with one attached hydrogen (secondary N) is 1.